The number of hydrogen-bond donors (Lipinski definition) is 2. The molecule has 1 aromatic heterocycles. The molecule has 3 amide bonds. The molecule has 1 fully saturated rings. The lowest BCUT2D eigenvalue weighted by molar-refractivity contribution is -0.384. The molecule has 11 nitrogen and oxygen atoms in total. The van der Waals surface area contributed by atoms with E-state index in [-0.39, 0.29) is 28.2 Å². The number of urea groups is 1. The number of hydrazine groups is 1. The van der Waals surface area contributed by atoms with E-state index in [9.17, 15) is 19.7 Å². The van der Waals surface area contributed by atoms with Gasteiger partial charge in [-0.1, -0.05) is 17.7 Å². The normalized spacial score (nSPS) is 16.0. The molecule has 1 saturated heterocycles. The second kappa shape index (κ2) is 8.81. The number of ether oxygens (including phenoxy) is 1. The predicted molar refractivity (Wildman–Crippen MR) is 116 cm³/mol. The maximum Gasteiger partial charge on any atom is 0.341 e. The van der Waals surface area contributed by atoms with E-state index in [4.69, 9.17) is 22.1 Å². The zero-order valence-electron chi connectivity index (χ0n) is 16.7. The Morgan fingerprint density at radius 1 is 1.31 bits per heavy atom. The summed E-state index contributed by atoms with van der Waals surface area (Å²) in [6, 6.07) is 7.19. The highest BCUT2D eigenvalue weighted by atomic mass is 35.5. The number of nitrogens with one attached hydrogen (secondary N) is 1. The van der Waals surface area contributed by atoms with Crippen molar-refractivity contribution in [1.29, 1.82) is 0 Å². The third-order valence-corrected chi connectivity index (χ3v) is 5.51. The summed E-state index contributed by atoms with van der Waals surface area (Å²) in [6.45, 7) is 0.659. The van der Waals surface area contributed by atoms with Gasteiger partial charge >= 0.3 is 6.03 Å². The van der Waals surface area contributed by atoms with Crippen molar-refractivity contribution in [2.24, 2.45) is 5.73 Å². The number of rotatable bonds is 5. The average Bonchev–Trinajstić information content (AvgIpc) is 3.23. The van der Waals surface area contributed by atoms with Crippen molar-refractivity contribution < 1.29 is 19.2 Å². The third kappa shape index (κ3) is 4.07. The van der Waals surface area contributed by atoms with Gasteiger partial charge in [-0.15, -0.1) is 0 Å². The number of primary amides is 1. The molecule has 0 aliphatic carbocycles. The summed E-state index contributed by atoms with van der Waals surface area (Å²) >= 11 is 6.52. The topological polar surface area (TPSA) is 146 Å². The van der Waals surface area contributed by atoms with Gasteiger partial charge in [0.2, 0.25) is 0 Å². The highest BCUT2D eigenvalue weighted by molar-refractivity contribution is 6.38. The molecule has 4 rings (SSSR count). The van der Waals surface area contributed by atoms with Crippen molar-refractivity contribution in [1.82, 2.24) is 14.8 Å². The second-order valence-corrected chi connectivity index (χ2v) is 7.55. The molecule has 1 unspecified atom stereocenters. The van der Waals surface area contributed by atoms with E-state index < -0.39 is 16.9 Å². The zero-order chi connectivity index (χ0) is 22.8. The van der Waals surface area contributed by atoms with E-state index >= 15 is 0 Å². The van der Waals surface area contributed by atoms with Crippen molar-refractivity contribution in [3.63, 3.8) is 0 Å². The van der Waals surface area contributed by atoms with Crippen LogP contribution >= 0.6 is 11.6 Å². The molecule has 3 aromatic rings. The number of aromatic nitrogens is 2. The Bertz CT molecular complexity index is 1210. The maximum atomic E-state index is 12.8. The monoisotopic (exact) mass is 458 g/mol. The molecule has 0 spiro atoms. The van der Waals surface area contributed by atoms with E-state index in [1.54, 1.807) is 23.0 Å². The largest absolute Gasteiger partial charge is 0.356 e. The lowest BCUT2D eigenvalue weighted by atomic mass is 10.2. The summed E-state index contributed by atoms with van der Waals surface area (Å²) in [7, 11) is 0. The predicted octanol–water partition coefficient (Wildman–Crippen LogP) is 3.85. The molecule has 166 valence electrons. The molecule has 12 heteroatoms. The molecule has 0 saturated carbocycles. The number of fused-ring (bicyclic) bond motifs is 1. The number of nitrogens with two attached hydrogens (primary N) is 1. The average molecular weight is 459 g/mol. The van der Waals surface area contributed by atoms with E-state index in [0.29, 0.717) is 17.0 Å². The van der Waals surface area contributed by atoms with Crippen LogP contribution in [0.3, 0.4) is 0 Å². The van der Waals surface area contributed by atoms with Crippen molar-refractivity contribution in [3.8, 4) is 0 Å². The number of non-ortho nitro benzene ring substituents is 1. The van der Waals surface area contributed by atoms with Crippen LogP contribution in [0.2, 0.25) is 5.02 Å². The minimum absolute atomic E-state index is 0.0926. The summed E-state index contributed by atoms with van der Waals surface area (Å²) in [6.07, 6.45) is 4.27. The second-order valence-electron chi connectivity index (χ2n) is 7.17. The van der Waals surface area contributed by atoms with Gasteiger partial charge in [0.1, 0.15) is 0 Å². The number of nitrogens with zero attached hydrogens (tertiary/aromatic N) is 4. The summed E-state index contributed by atoms with van der Waals surface area (Å²) < 4.78 is 7.54. The Kier molecular flexibility index (Phi) is 5.93. The Hall–Kier alpha value is -3.70. The van der Waals surface area contributed by atoms with E-state index in [2.05, 4.69) is 10.5 Å². The third-order valence-electron chi connectivity index (χ3n) is 5.10. The van der Waals surface area contributed by atoms with Crippen LogP contribution in [0.15, 0.2) is 42.6 Å². The highest BCUT2D eigenvalue weighted by Crippen LogP contribution is 2.34. The first-order valence-corrected chi connectivity index (χ1v) is 10.2. The summed E-state index contributed by atoms with van der Waals surface area (Å²) in [5, 5.41) is 16.7. The Labute approximate surface area is 186 Å². The first kappa shape index (κ1) is 21.5. The number of carbonyl (C=O) groups excluding carboxylic acids is 2. The van der Waals surface area contributed by atoms with E-state index in [1.807, 2.05) is 0 Å². The van der Waals surface area contributed by atoms with Gasteiger partial charge in [-0.25, -0.2) is 9.48 Å². The molecule has 1 aliphatic rings. The minimum Gasteiger partial charge on any atom is -0.356 e. The summed E-state index contributed by atoms with van der Waals surface area (Å²) in [5.74, 6) is -0.872. The number of amides is 3. The van der Waals surface area contributed by atoms with E-state index in [1.165, 1.54) is 18.2 Å². The SMILES string of the molecule is NC(=O)N(Nc1ccc2c(cnn2C2CCCCO2)c1Cl)C(=O)c1cccc([N+](=O)[O-])c1. The van der Waals surface area contributed by atoms with Crippen molar-refractivity contribution in [3.05, 3.63) is 63.3 Å². The van der Waals surface area contributed by atoms with Crippen molar-refractivity contribution in [2.75, 3.05) is 12.0 Å². The van der Waals surface area contributed by atoms with Crippen LogP contribution in [0.25, 0.3) is 10.9 Å². The van der Waals surface area contributed by atoms with Gasteiger partial charge in [-0.3, -0.25) is 20.3 Å². The number of carbonyl (C=O) groups is 2. The number of hydrogen-bond acceptors (Lipinski definition) is 7. The molecule has 1 atom stereocenters. The van der Waals surface area contributed by atoms with Gasteiger partial charge < -0.3 is 10.5 Å². The van der Waals surface area contributed by atoms with Gasteiger partial charge in [-0.05, 0) is 37.5 Å². The number of benzene rings is 2. The van der Waals surface area contributed by atoms with Gasteiger partial charge in [0.25, 0.3) is 11.6 Å². The standard InChI is InChI=1S/C20H19ClN6O5/c21-18-14-11-23-25(17-6-1-2-9-32-17)16(14)8-7-15(18)24-26(20(22)29)19(28)12-4-3-5-13(10-12)27(30)31/h3-5,7-8,10-11,17,24H,1-2,6,9H2,(H2,22,29). The van der Waals surface area contributed by atoms with Gasteiger partial charge in [0.05, 0.1) is 27.3 Å². The fourth-order valence-corrected chi connectivity index (χ4v) is 3.78. The summed E-state index contributed by atoms with van der Waals surface area (Å²) in [4.78, 5) is 35.1. The molecule has 0 radical (unpaired) electrons. The first-order valence-electron chi connectivity index (χ1n) is 9.79. The molecule has 2 heterocycles. The smallest absolute Gasteiger partial charge is 0.341 e. The van der Waals surface area contributed by atoms with Crippen LogP contribution in [0.4, 0.5) is 16.2 Å². The quantitative estimate of drug-likeness (QED) is 0.436. The molecule has 0 bridgehead atoms. The molecule has 32 heavy (non-hydrogen) atoms. The summed E-state index contributed by atoms with van der Waals surface area (Å²) in [5.41, 5.74) is 8.58. The maximum absolute atomic E-state index is 12.8. The van der Waals surface area contributed by atoms with Crippen LogP contribution in [0.5, 0.6) is 0 Å². The fourth-order valence-electron chi connectivity index (χ4n) is 3.53. The van der Waals surface area contributed by atoms with Crippen LogP contribution in [0, 0.1) is 10.1 Å². The number of imide groups is 1. The number of nitro groups is 1. The molecule has 2 aromatic carbocycles. The van der Waals surface area contributed by atoms with Gasteiger partial charge in [-0.2, -0.15) is 10.1 Å². The molecule has 3 N–H and O–H groups in total. The van der Waals surface area contributed by atoms with Crippen molar-refractivity contribution in [2.45, 2.75) is 25.5 Å². The van der Waals surface area contributed by atoms with Gasteiger partial charge in [0.15, 0.2) is 6.23 Å². The lowest BCUT2D eigenvalue weighted by Crippen LogP contribution is -2.44. The van der Waals surface area contributed by atoms with Crippen molar-refractivity contribution >= 4 is 45.8 Å². The number of anilines is 1. The Morgan fingerprint density at radius 3 is 2.81 bits per heavy atom. The molecular weight excluding hydrogens is 440 g/mol. The minimum atomic E-state index is -1.11. The molecular formula is C20H19ClN6O5. The first-order chi connectivity index (χ1) is 15.4. The Balaban J connectivity index is 1.63. The fraction of sp³-hybridized carbons (Fsp3) is 0.250. The number of nitro benzene ring substituents is 1. The van der Waals surface area contributed by atoms with Crippen LogP contribution in [0.1, 0.15) is 35.8 Å². The zero-order valence-corrected chi connectivity index (χ0v) is 17.5. The van der Waals surface area contributed by atoms with E-state index in [0.717, 1.165) is 30.8 Å². The van der Waals surface area contributed by atoms with Gasteiger partial charge in [0, 0.05) is 29.7 Å². The highest BCUT2D eigenvalue weighted by Gasteiger charge is 2.25. The molecule has 1 aliphatic heterocycles. The Morgan fingerprint density at radius 2 is 2.12 bits per heavy atom. The van der Waals surface area contributed by atoms with Crippen LogP contribution in [-0.4, -0.2) is 38.3 Å². The number of halogens is 1. The lowest BCUT2D eigenvalue weighted by Gasteiger charge is -2.24. The van der Waals surface area contributed by atoms with Crippen LogP contribution in [-0.2, 0) is 4.74 Å². The van der Waals surface area contributed by atoms with Crippen LogP contribution < -0.4 is 11.2 Å².